The second-order valence-electron chi connectivity index (χ2n) is 3.60. The number of thiocarbonyl (C=S) groups is 1. The van der Waals surface area contributed by atoms with E-state index in [0.29, 0.717) is 10.6 Å². The van der Waals surface area contributed by atoms with Crippen molar-refractivity contribution in [2.24, 2.45) is 5.73 Å². The third kappa shape index (κ3) is 3.65. The highest BCUT2D eigenvalue weighted by atomic mass is 127. The van der Waals surface area contributed by atoms with Gasteiger partial charge in [-0.25, -0.2) is 8.42 Å². The molecule has 1 heterocycles. The Morgan fingerprint density at radius 1 is 1.21 bits per heavy atom. The second-order valence-corrected chi connectivity index (χ2v) is 8.27. The molecule has 0 unspecified atom stereocenters. The Hall–Kier alpha value is -0.710. The maximum absolute atomic E-state index is 12.1. The summed E-state index contributed by atoms with van der Waals surface area (Å²) in [5.74, 6) is 0. The van der Waals surface area contributed by atoms with Crippen molar-refractivity contribution in [1.82, 2.24) is 0 Å². The Balaban J connectivity index is 2.26. The number of sulfonamides is 1. The number of thiophene rings is 1. The van der Waals surface area contributed by atoms with Crippen LogP contribution in [0.3, 0.4) is 0 Å². The predicted octanol–water partition coefficient (Wildman–Crippen LogP) is 2.79. The van der Waals surface area contributed by atoms with Gasteiger partial charge in [0.2, 0.25) is 0 Å². The van der Waals surface area contributed by atoms with Gasteiger partial charge < -0.3 is 5.73 Å². The molecule has 2 aromatic rings. The van der Waals surface area contributed by atoms with Crippen LogP contribution in [0.1, 0.15) is 4.88 Å². The van der Waals surface area contributed by atoms with Gasteiger partial charge in [-0.05, 0) is 59.0 Å². The monoisotopic (exact) mass is 424 g/mol. The predicted molar refractivity (Wildman–Crippen MR) is 90.2 cm³/mol. The summed E-state index contributed by atoms with van der Waals surface area (Å²) in [5.41, 5.74) is 5.98. The standard InChI is InChI=1S/C11H9IN2O2S3/c12-7-1-3-8(4-2-7)14-19(15,16)10-6-5-9(18-10)11(13)17/h1-6,14H,(H2,13,17). The Morgan fingerprint density at radius 3 is 2.37 bits per heavy atom. The van der Waals surface area contributed by atoms with E-state index in [2.05, 4.69) is 27.3 Å². The van der Waals surface area contributed by atoms with Crippen molar-refractivity contribution in [3.8, 4) is 0 Å². The molecule has 0 fully saturated rings. The van der Waals surface area contributed by atoms with Gasteiger partial charge >= 0.3 is 0 Å². The van der Waals surface area contributed by atoms with Crippen molar-refractivity contribution in [2.75, 3.05) is 4.72 Å². The number of nitrogens with one attached hydrogen (secondary N) is 1. The van der Waals surface area contributed by atoms with Crippen LogP contribution in [0.25, 0.3) is 0 Å². The molecule has 0 saturated carbocycles. The fraction of sp³-hybridized carbons (Fsp3) is 0. The molecular formula is C11H9IN2O2S3. The van der Waals surface area contributed by atoms with Gasteiger partial charge in [0.25, 0.3) is 10.0 Å². The molecular weight excluding hydrogens is 415 g/mol. The summed E-state index contributed by atoms with van der Waals surface area (Å²) < 4.78 is 28.0. The smallest absolute Gasteiger partial charge is 0.271 e. The summed E-state index contributed by atoms with van der Waals surface area (Å²) in [4.78, 5) is 0.777. The van der Waals surface area contributed by atoms with Crippen molar-refractivity contribution in [2.45, 2.75) is 4.21 Å². The number of rotatable bonds is 4. The van der Waals surface area contributed by atoms with E-state index in [9.17, 15) is 8.42 Å². The summed E-state index contributed by atoms with van der Waals surface area (Å²) in [6, 6.07) is 10.2. The highest BCUT2D eigenvalue weighted by molar-refractivity contribution is 14.1. The lowest BCUT2D eigenvalue weighted by atomic mass is 10.3. The van der Waals surface area contributed by atoms with E-state index in [1.807, 2.05) is 12.1 Å². The zero-order valence-corrected chi connectivity index (χ0v) is 14.1. The lowest BCUT2D eigenvalue weighted by Gasteiger charge is -2.05. The van der Waals surface area contributed by atoms with Crippen LogP contribution < -0.4 is 10.5 Å². The first-order valence-corrected chi connectivity index (χ1v) is 8.85. The fourth-order valence-electron chi connectivity index (χ4n) is 1.32. The van der Waals surface area contributed by atoms with E-state index in [1.165, 1.54) is 6.07 Å². The Bertz CT molecular complexity index is 708. The highest BCUT2D eigenvalue weighted by Crippen LogP contribution is 2.24. The molecule has 0 bridgehead atoms. The van der Waals surface area contributed by atoms with E-state index < -0.39 is 10.0 Å². The average Bonchev–Trinajstić information content (AvgIpc) is 2.82. The average molecular weight is 424 g/mol. The molecule has 19 heavy (non-hydrogen) atoms. The van der Waals surface area contributed by atoms with Gasteiger partial charge in [-0.2, -0.15) is 0 Å². The third-order valence-electron chi connectivity index (χ3n) is 2.19. The summed E-state index contributed by atoms with van der Waals surface area (Å²) in [6.07, 6.45) is 0. The molecule has 0 aliphatic rings. The van der Waals surface area contributed by atoms with Crippen molar-refractivity contribution in [3.05, 3.63) is 44.8 Å². The minimum absolute atomic E-state index is 0.189. The molecule has 0 amide bonds. The van der Waals surface area contributed by atoms with E-state index in [1.54, 1.807) is 18.2 Å². The molecule has 0 radical (unpaired) electrons. The van der Waals surface area contributed by atoms with Crippen LogP contribution in [0.2, 0.25) is 0 Å². The molecule has 1 aromatic carbocycles. The third-order valence-corrected chi connectivity index (χ3v) is 6.25. The van der Waals surface area contributed by atoms with Gasteiger partial charge in [-0.15, -0.1) is 11.3 Å². The molecule has 0 saturated heterocycles. The summed E-state index contributed by atoms with van der Waals surface area (Å²) in [5, 5.41) is 0. The number of halogens is 1. The number of benzene rings is 1. The lowest BCUT2D eigenvalue weighted by molar-refractivity contribution is 0.603. The molecule has 3 N–H and O–H groups in total. The second kappa shape index (κ2) is 5.73. The van der Waals surface area contributed by atoms with Gasteiger partial charge in [0.05, 0.1) is 4.88 Å². The zero-order valence-electron chi connectivity index (χ0n) is 9.46. The summed E-state index contributed by atoms with van der Waals surface area (Å²) in [7, 11) is -3.59. The van der Waals surface area contributed by atoms with Crippen LogP contribution in [0.15, 0.2) is 40.6 Å². The largest absolute Gasteiger partial charge is 0.389 e. The molecule has 4 nitrogen and oxygen atoms in total. The van der Waals surface area contributed by atoms with Gasteiger partial charge in [0.15, 0.2) is 0 Å². The number of hydrogen-bond donors (Lipinski definition) is 2. The molecule has 0 spiro atoms. The molecule has 1 aromatic heterocycles. The Morgan fingerprint density at radius 2 is 1.84 bits per heavy atom. The minimum Gasteiger partial charge on any atom is -0.389 e. The number of nitrogens with two attached hydrogens (primary N) is 1. The SMILES string of the molecule is NC(=S)c1ccc(S(=O)(=O)Nc2ccc(I)cc2)s1. The number of anilines is 1. The van der Waals surface area contributed by atoms with E-state index in [4.69, 9.17) is 18.0 Å². The summed E-state index contributed by atoms with van der Waals surface area (Å²) >= 11 is 8.02. The Kier molecular flexibility index (Phi) is 4.43. The maximum atomic E-state index is 12.1. The first-order valence-electron chi connectivity index (χ1n) is 5.06. The Labute approximate surface area is 134 Å². The molecule has 0 aliphatic heterocycles. The molecule has 0 atom stereocenters. The van der Waals surface area contributed by atoms with Gasteiger partial charge in [0, 0.05) is 9.26 Å². The zero-order chi connectivity index (χ0) is 14.0. The first kappa shape index (κ1) is 14.7. The fourth-order valence-corrected chi connectivity index (χ4v) is 4.09. The van der Waals surface area contributed by atoms with Gasteiger partial charge in [0.1, 0.15) is 9.20 Å². The minimum atomic E-state index is -3.59. The molecule has 100 valence electrons. The molecule has 0 aliphatic carbocycles. The van der Waals surface area contributed by atoms with Crippen LogP contribution >= 0.6 is 46.1 Å². The highest BCUT2D eigenvalue weighted by Gasteiger charge is 2.17. The van der Waals surface area contributed by atoms with E-state index in [-0.39, 0.29) is 9.20 Å². The quantitative estimate of drug-likeness (QED) is 0.585. The molecule has 8 heteroatoms. The van der Waals surface area contributed by atoms with Crippen molar-refractivity contribution in [3.63, 3.8) is 0 Å². The summed E-state index contributed by atoms with van der Waals surface area (Å²) in [6.45, 7) is 0. The van der Waals surface area contributed by atoms with E-state index in [0.717, 1.165) is 14.9 Å². The van der Waals surface area contributed by atoms with Crippen LogP contribution in [0, 0.1) is 3.57 Å². The van der Waals surface area contributed by atoms with Crippen molar-refractivity contribution in [1.29, 1.82) is 0 Å². The van der Waals surface area contributed by atoms with E-state index >= 15 is 0 Å². The van der Waals surface area contributed by atoms with Gasteiger partial charge in [-0.3, -0.25) is 4.72 Å². The van der Waals surface area contributed by atoms with Crippen LogP contribution in [0.5, 0.6) is 0 Å². The first-order chi connectivity index (χ1) is 8.88. The van der Waals surface area contributed by atoms with Gasteiger partial charge in [-0.1, -0.05) is 12.2 Å². The van der Waals surface area contributed by atoms with Crippen LogP contribution in [-0.4, -0.2) is 13.4 Å². The van der Waals surface area contributed by atoms with Crippen molar-refractivity contribution < 1.29 is 8.42 Å². The van der Waals surface area contributed by atoms with Crippen LogP contribution in [0.4, 0.5) is 5.69 Å². The van der Waals surface area contributed by atoms with Crippen LogP contribution in [-0.2, 0) is 10.0 Å². The lowest BCUT2D eigenvalue weighted by Crippen LogP contribution is -2.11. The molecule has 2 rings (SSSR count). The maximum Gasteiger partial charge on any atom is 0.271 e. The number of hydrogen-bond acceptors (Lipinski definition) is 4. The topological polar surface area (TPSA) is 72.2 Å². The van der Waals surface area contributed by atoms with Crippen molar-refractivity contribution >= 4 is 66.8 Å². The normalized spacial score (nSPS) is 11.2.